The molecule has 1 heterocycles. The van der Waals surface area contributed by atoms with E-state index in [9.17, 15) is 14.0 Å². The van der Waals surface area contributed by atoms with Gasteiger partial charge < -0.3 is 4.74 Å². The van der Waals surface area contributed by atoms with Gasteiger partial charge in [-0.25, -0.2) is 4.39 Å². The van der Waals surface area contributed by atoms with E-state index in [1.165, 1.54) is 6.07 Å². The maximum absolute atomic E-state index is 13.7. The van der Waals surface area contributed by atoms with Gasteiger partial charge in [-0.05, 0) is 59.6 Å². The van der Waals surface area contributed by atoms with Gasteiger partial charge in [0, 0.05) is 5.56 Å². The molecule has 142 valence electrons. The minimum absolute atomic E-state index is 0.162. The van der Waals surface area contributed by atoms with Crippen LogP contribution in [0.15, 0.2) is 60.7 Å². The number of fused-ring (bicyclic) bond motifs is 1. The van der Waals surface area contributed by atoms with Crippen molar-refractivity contribution in [1.29, 1.82) is 0 Å². The summed E-state index contributed by atoms with van der Waals surface area (Å²) in [6.07, 6.45) is 0.469. The fourth-order valence-electron chi connectivity index (χ4n) is 3.26. The molecule has 1 N–H and O–H groups in total. The third-order valence-corrected chi connectivity index (χ3v) is 5.85. The van der Waals surface area contributed by atoms with E-state index in [0.717, 1.165) is 28.1 Å². The normalized spacial score (nSPS) is 19.1. The monoisotopic (exact) mass is 395 g/mol. The van der Waals surface area contributed by atoms with Gasteiger partial charge in [0.15, 0.2) is 0 Å². The average Bonchev–Trinajstić information content (AvgIpc) is 2.92. The highest BCUT2D eigenvalue weighted by Gasteiger charge is 2.43. The van der Waals surface area contributed by atoms with Crippen LogP contribution in [0.3, 0.4) is 0 Å². The van der Waals surface area contributed by atoms with Gasteiger partial charge >= 0.3 is 0 Å². The fourth-order valence-corrected chi connectivity index (χ4v) is 4.19. The number of hydrogen-bond donors (Lipinski definition) is 1. The first-order chi connectivity index (χ1) is 13.4. The van der Waals surface area contributed by atoms with Crippen molar-refractivity contribution in [2.45, 2.75) is 24.7 Å². The quantitative estimate of drug-likeness (QED) is 0.672. The SMILES string of the molecule is C[C@]1(Cc2ccc3cc(OCc4ccccc4F)ccc3c2)SC(=O)NC1=O. The lowest BCUT2D eigenvalue weighted by Gasteiger charge is -2.18. The lowest BCUT2D eigenvalue weighted by molar-refractivity contribution is -0.121. The molecular weight excluding hydrogens is 377 g/mol. The van der Waals surface area contributed by atoms with E-state index in [4.69, 9.17) is 4.74 Å². The number of carbonyl (C=O) groups is 2. The van der Waals surface area contributed by atoms with Crippen LogP contribution < -0.4 is 10.1 Å². The van der Waals surface area contributed by atoms with Crippen molar-refractivity contribution in [2.75, 3.05) is 0 Å². The van der Waals surface area contributed by atoms with E-state index in [2.05, 4.69) is 5.32 Å². The number of carbonyl (C=O) groups excluding carboxylic acids is 2. The van der Waals surface area contributed by atoms with Crippen molar-refractivity contribution < 1.29 is 18.7 Å². The van der Waals surface area contributed by atoms with Gasteiger partial charge in [0.25, 0.3) is 5.24 Å². The molecule has 0 radical (unpaired) electrons. The number of ether oxygens (including phenoxy) is 1. The summed E-state index contributed by atoms with van der Waals surface area (Å²) in [6.45, 7) is 1.94. The van der Waals surface area contributed by atoms with Gasteiger partial charge in [-0.2, -0.15) is 0 Å². The average molecular weight is 395 g/mol. The highest BCUT2D eigenvalue weighted by atomic mass is 32.2. The van der Waals surface area contributed by atoms with E-state index < -0.39 is 4.75 Å². The Balaban J connectivity index is 1.50. The van der Waals surface area contributed by atoms with E-state index >= 15 is 0 Å². The minimum Gasteiger partial charge on any atom is -0.489 e. The highest BCUT2D eigenvalue weighted by Crippen LogP contribution is 2.35. The summed E-state index contributed by atoms with van der Waals surface area (Å²) in [5, 5.41) is 4.04. The van der Waals surface area contributed by atoms with Crippen LogP contribution in [0.25, 0.3) is 10.8 Å². The van der Waals surface area contributed by atoms with Crippen molar-refractivity contribution in [3.63, 3.8) is 0 Å². The Morgan fingerprint density at radius 2 is 1.79 bits per heavy atom. The molecule has 1 fully saturated rings. The molecule has 6 heteroatoms. The van der Waals surface area contributed by atoms with Crippen LogP contribution in [0.1, 0.15) is 18.1 Å². The van der Waals surface area contributed by atoms with Crippen LogP contribution in [0, 0.1) is 5.82 Å². The molecule has 0 spiro atoms. The molecule has 0 bridgehead atoms. The number of rotatable bonds is 5. The Morgan fingerprint density at radius 3 is 2.54 bits per heavy atom. The van der Waals surface area contributed by atoms with Crippen molar-refractivity contribution in [3.8, 4) is 5.75 Å². The molecule has 1 aliphatic heterocycles. The largest absolute Gasteiger partial charge is 0.489 e. The van der Waals surface area contributed by atoms with Crippen LogP contribution in [0.2, 0.25) is 0 Å². The Bertz CT molecular complexity index is 1080. The first-order valence-corrected chi connectivity index (χ1v) is 9.68. The Kier molecular flexibility index (Phi) is 4.81. The Labute approximate surface area is 166 Å². The standard InChI is InChI=1S/C22H18FNO3S/c1-22(20(25)24-21(26)28-22)12-14-6-7-16-11-18(9-8-15(16)10-14)27-13-17-4-2-3-5-19(17)23/h2-11H,12-13H2,1H3,(H,24,25,26)/t22-/m1/s1. The maximum atomic E-state index is 13.7. The summed E-state index contributed by atoms with van der Waals surface area (Å²) in [4.78, 5) is 23.5. The zero-order chi connectivity index (χ0) is 19.7. The van der Waals surface area contributed by atoms with Crippen LogP contribution in [-0.4, -0.2) is 15.9 Å². The number of imide groups is 1. The number of nitrogens with one attached hydrogen (secondary N) is 1. The number of benzene rings is 3. The van der Waals surface area contributed by atoms with Crippen molar-refractivity contribution in [3.05, 3.63) is 77.6 Å². The number of hydrogen-bond acceptors (Lipinski definition) is 4. The summed E-state index contributed by atoms with van der Waals surface area (Å²) in [5.74, 6) is 0.125. The van der Waals surface area contributed by atoms with Gasteiger partial charge in [-0.3, -0.25) is 14.9 Å². The van der Waals surface area contributed by atoms with Crippen LogP contribution in [0.4, 0.5) is 9.18 Å². The molecule has 0 aromatic heterocycles. The van der Waals surface area contributed by atoms with E-state index in [1.807, 2.05) is 36.4 Å². The number of thioether (sulfide) groups is 1. The minimum atomic E-state index is -0.784. The second-order valence-corrected chi connectivity index (χ2v) is 8.45. The van der Waals surface area contributed by atoms with E-state index in [1.54, 1.807) is 25.1 Å². The topological polar surface area (TPSA) is 55.4 Å². The van der Waals surface area contributed by atoms with Crippen LogP contribution in [0.5, 0.6) is 5.75 Å². The molecule has 0 saturated carbocycles. The zero-order valence-corrected chi connectivity index (χ0v) is 16.0. The van der Waals surface area contributed by atoms with Crippen molar-refractivity contribution in [2.24, 2.45) is 0 Å². The van der Waals surface area contributed by atoms with Crippen LogP contribution >= 0.6 is 11.8 Å². The molecule has 3 aromatic carbocycles. The summed E-state index contributed by atoms with van der Waals surface area (Å²) in [7, 11) is 0. The molecular formula is C22H18FNO3S. The van der Waals surface area contributed by atoms with Crippen molar-refractivity contribution >= 4 is 33.7 Å². The van der Waals surface area contributed by atoms with Crippen LogP contribution in [-0.2, 0) is 17.8 Å². The summed E-state index contributed by atoms with van der Waals surface area (Å²) in [5.41, 5.74) is 1.49. The Hall–Kier alpha value is -2.86. The molecule has 2 amide bonds. The second kappa shape index (κ2) is 7.28. The lowest BCUT2D eigenvalue weighted by Crippen LogP contribution is -2.35. The predicted molar refractivity (Wildman–Crippen MR) is 108 cm³/mol. The predicted octanol–water partition coefficient (Wildman–Crippen LogP) is 4.84. The highest BCUT2D eigenvalue weighted by molar-refractivity contribution is 8.16. The number of amides is 2. The van der Waals surface area contributed by atoms with E-state index in [-0.39, 0.29) is 23.6 Å². The smallest absolute Gasteiger partial charge is 0.286 e. The third kappa shape index (κ3) is 3.73. The Morgan fingerprint density at radius 1 is 1.04 bits per heavy atom. The molecule has 1 aliphatic rings. The maximum Gasteiger partial charge on any atom is 0.286 e. The molecule has 3 aromatic rings. The molecule has 4 nitrogen and oxygen atoms in total. The third-order valence-electron chi connectivity index (χ3n) is 4.78. The van der Waals surface area contributed by atoms with Gasteiger partial charge in [0.05, 0.1) is 0 Å². The first kappa shape index (κ1) is 18.5. The fraction of sp³-hybridized carbons (Fsp3) is 0.182. The van der Waals surface area contributed by atoms with E-state index in [0.29, 0.717) is 17.7 Å². The van der Waals surface area contributed by atoms with Gasteiger partial charge in [-0.15, -0.1) is 0 Å². The summed E-state index contributed by atoms with van der Waals surface area (Å²) in [6, 6.07) is 18.1. The summed E-state index contributed by atoms with van der Waals surface area (Å²) >= 11 is 1.03. The zero-order valence-electron chi connectivity index (χ0n) is 15.2. The van der Waals surface area contributed by atoms with Gasteiger partial charge in [-0.1, -0.05) is 42.5 Å². The molecule has 0 unspecified atom stereocenters. The molecule has 4 rings (SSSR count). The second-order valence-electron chi connectivity index (χ2n) is 6.97. The number of halogens is 1. The molecule has 28 heavy (non-hydrogen) atoms. The van der Waals surface area contributed by atoms with Crippen molar-refractivity contribution in [1.82, 2.24) is 5.32 Å². The summed E-state index contributed by atoms with van der Waals surface area (Å²) < 4.78 is 18.7. The molecule has 0 aliphatic carbocycles. The first-order valence-electron chi connectivity index (χ1n) is 8.86. The molecule has 1 saturated heterocycles. The molecule has 1 atom stereocenters. The lowest BCUT2D eigenvalue weighted by atomic mass is 9.97. The van der Waals surface area contributed by atoms with Gasteiger partial charge in [0.1, 0.15) is 22.9 Å². The van der Waals surface area contributed by atoms with Gasteiger partial charge in [0.2, 0.25) is 5.91 Å².